The number of likely N-dealkylation sites (N-methyl/N-ethyl adjacent to an activating group) is 1. The molecule has 7 nitrogen and oxygen atoms in total. The summed E-state index contributed by atoms with van der Waals surface area (Å²) in [7, 11) is 3.87. The molecule has 0 unspecified atom stereocenters. The van der Waals surface area contributed by atoms with Crippen molar-refractivity contribution in [3.63, 3.8) is 0 Å². The third-order valence-electron chi connectivity index (χ3n) is 4.17. The van der Waals surface area contributed by atoms with Gasteiger partial charge in [-0.15, -0.1) is 0 Å². The minimum absolute atomic E-state index is 0.0585. The van der Waals surface area contributed by atoms with Gasteiger partial charge in [-0.05, 0) is 26.9 Å². The Balaban J connectivity index is 2.03. The second kappa shape index (κ2) is 9.32. The van der Waals surface area contributed by atoms with E-state index in [1.807, 2.05) is 64.0 Å². The molecular formula is C20H28N4O3. The van der Waals surface area contributed by atoms with Gasteiger partial charge in [-0.2, -0.15) is 0 Å². The second-order valence-corrected chi connectivity index (χ2v) is 7.23. The third-order valence-corrected chi connectivity index (χ3v) is 4.17. The molecule has 7 heteroatoms. The molecule has 1 aromatic carbocycles. The van der Waals surface area contributed by atoms with Gasteiger partial charge in [-0.25, -0.2) is 0 Å². The highest BCUT2D eigenvalue weighted by Crippen LogP contribution is 2.20. The first-order valence-electron chi connectivity index (χ1n) is 9.05. The summed E-state index contributed by atoms with van der Waals surface area (Å²) < 4.78 is 5.29. The molecule has 0 spiro atoms. The van der Waals surface area contributed by atoms with Gasteiger partial charge < -0.3 is 20.1 Å². The molecule has 0 bridgehead atoms. The Labute approximate surface area is 160 Å². The lowest BCUT2D eigenvalue weighted by Crippen LogP contribution is -2.50. The SMILES string of the molecule is Cc1ccc(-c2cc(C(=O)N[C@@H](C(=O)NCCN(C)C)C(C)C)no2)cc1. The van der Waals surface area contributed by atoms with Gasteiger partial charge in [0.2, 0.25) is 5.91 Å². The molecule has 0 aliphatic rings. The number of nitrogens with zero attached hydrogens (tertiary/aromatic N) is 2. The maximum Gasteiger partial charge on any atom is 0.274 e. The Hall–Kier alpha value is -2.67. The van der Waals surface area contributed by atoms with Crippen LogP contribution in [0.2, 0.25) is 0 Å². The van der Waals surface area contributed by atoms with E-state index < -0.39 is 11.9 Å². The molecule has 1 heterocycles. The van der Waals surface area contributed by atoms with Gasteiger partial charge in [-0.3, -0.25) is 9.59 Å². The van der Waals surface area contributed by atoms with Gasteiger partial charge in [0.25, 0.3) is 5.91 Å². The molecule has 0 saturated heterocycles. The number of hydrogen-bond donors (Lipinski definition) is 2. The van der Waals surface area contributed by atoms with Crippen LogP contribution in [0.4, 0.5) is 0 Å². The van der Waals surface area contributed by atoms with Crippen molar-refractivity contribution in [1.82, 2.24) is 20.7 Å². The minimum atomic E-state index is -0.640. The van der Waals surface area contributed by atoms with Crippen molar-refractivity contribution in [2.24, 2.45) is 5.92 Å². The molecule has 146 valence electrons. The van der Waals surface area contributed by atoms with Crippen LogP contribution in [0.5, 0.6) is 0 Å². The lowest BCUT2D eigenvalue weighted by atomic mass is 10.0. The number of carbonyl (C=O) groups is 2. The highest BCUT2D eigenvalue weighted by Gasteiger charge is 2.26. The van der Waals surface area contributed by atoms with E-state index in [0.717, 1.165) is 17.7 Å². The summed E-state index contributed by atoms with van der Waals surface area (Å²) in [6, 6.07) is 8.69. The summed E-state index contributed by atoms with van der Waals surface area (Å²) in [4.78, 5) is 26.9. The summed E-state index contributed by atoms with van der Waals surface area (Å²) in [5, 5.41) is 9.45. The molecular weight excluding hydrogens is 344 g/mol. The van der Waals surface area contributed by atoms with E-state index in [2.05, 4.69) is 15.8 Å². The van der Waals surface area contributed by atoms with E-state index in [1.165, 1.54) is 0 Å². The predicted molar refractivity (Wildman–Crippen MR) is 104 cm³/mol. The van der Waals surface area contributed by atoms with Crippen molar-refractivity contribution in [3.05, 3.63) is 41.6 Å². The molecule has 1 aromatic heterocycles. The zero-order valence-corrected chi connectivity index (χ0v) is 16.6. The number of rotatable bonds is 8. The van der Waals surface area contributed by atoms with Crippen LogP contribution < -0.4 is 10.6 Å². The van der Waals surface area contributed by atoms with Crippen LogP contribution >= 0.6 is 0 Å². The van der Waals surface area contributed by atoms with Crippen molar-refractivity contribution < 1.29 is 14.1 Å². The summed E-state index contributed by atoms with van der Waals surface area (Å²) in [5.41, 5.74) is 2.13. The smallest absolute Gasteiger partial charge is 0.274 e. The molecule has 0 radical (unpaired) electrons. The Morgan fingerprint density at radius 2 is 1.85 bits per heavy atom. The summed E-state index contributed by atoms with van der Waals surface area (Å²) in [6.07, 6.45) is 0. The van der Waals surface area contributed by atoms with Crippen molar-refractivity contribution in [1.29, 1.82) is 0 Å². The van der Waals surface area contributed by atoms with E-state index in [9.17, 15) is 9.59 Å². The average Bonchev–Trinajstić information content (AvgIpc) is 3.09. The molecule has 0 fully saturated rings. The number of hydrogen-bond acceptors (Lipinski definition) is 5. The van der Waals surface area contributed by atoms with E-state index in [0.29, 0.717) is 12.3 Å². The maximum atomic E-state index is 12.5. The molecule has 0 aliphatic carbocycles. The van der Waals surface area contributed by atoms with Crippen LogP contribution in [0.1, 0.15) is 29.9 Å². The highest BCUT2D eigenvalue weighted by atomic mass is 16.5. The number of benzene rings is 1. The minimum Gasteiger partial charge on any atom is -0.355 e. The summed E-state index contributed by atoms with van der Waals surface area (Å²) in [6.45, 7) is 7.02. The van der Waals surface area contributed by atoms with Crippen LogP contribution in [-0.4, -0.2) is 55.1 Å². The topological polar surface area (TPSA) is 87.5 Å². The van der Waals surface area contributed by atoms with Gasteiger partial charge in [0.1, 0.15) is 6.04 Å². The molecule has 2 N–H and O–H groups in total. The van der Waals surface area contributed by atoms with Crippen molar-refractivity contribution in [2.45, 2.75) is 26.8 Å². The van der Waals surface area contributed by atoms with Gasteiger partial charge in [0, 0.05) is 24.7 Å². The number of carbonyl (C=O) groups excluding carboxylic acids is 2. The van der Waals surface area contributed by atoms with Gasteiger partial charge in [-0.1, -0.05) is 48.8 Å². The first-order valence-corrected chi connectivity index (χ1v) is 9.05. The molecule has 0 saturated carbocycles. The Morgan fingerprint density at radius 1 is 1.19 bits per heavy atom. The maximum absolute atomic E-state index is 12.5. The second-order valence-electron chi connectivity index (χ2n) is 7.23. The van der Waals surface area contributed by atoms with Crippen molar-refractivity contribution >= 4 is 11.8 Å². The van der Waals surface area contributed by atoms with Gasteiger partial charge in [0.15, 0.2) is 11.5 Å². The van der Waals surface area contributed by atoms with E-state index >= 15 is 0 Å². The van der Waals surface area contributed by atoms with Crippen LogP contribution in [0.3, 0.4) is 0 Å². The zero-order valence-electron chi connectivity index (χ0n) is 16.6. The molecule has 2 aromatic rings. The number of amides is 2. The van der Waals surface area contributed by atoms with Crippen LogP contribution in [0.15, 0.2) is 34.9 Å². The fourth-order valence-corrected chi connectivity index (χ4v) is 2.50. The molecule has 2 rings (SSSR count). The Morgan fingerprint density at radius 3 is 2.44 bits per heavy atom. The van der Waals surface area contributed by atoms with E-state index in [4.69, 9.17) is 4.52 Å². The van der Waals surface area contributed by atoms with Crippen LogP contribution in [0.25, 0.3) is 11.3 Å². The third kappa shape index (κ3) is 5.92. The van der Waals surface area contributed by atoms with Crippen LogP contribution in [-0.2, 0) is 4.79 Å². The fourth-order valence-electron chi connectivity index (χ4n) is 2.50. The van der Waals surface area contributed by atoms with E-state index in [-0.39, 0.29) is 17.5 Å². The number of aryl methyl sites for hydroxylation is 1. The van der Waals surface area contributed by atoms with E-state index in [1.54, 1.807) is 6.07 Å². The lowest BCUT2D eigenvalue weighted by Gasteiger charge is -2.21. The van der Waals surface area contributed by atoms with Gasteiger partial charge >= 0.3 is 0 Å². The lowest BCUT2D eigenvalue weighted by molar-refractivity contribution is -0.123. The number of nitrogens with one attached hydrogen (secondary N) is 2. The predicted octanol–water partition coefficient (Wildman–Crippen LogP) is 2.08. The van der Waals surface area contributed by atoms with Crippen molar-refractivity contribution in [3.8, 4) is 11.3 Å². The largest absolute Gasteiger partial charge is 0.355 e. The molecule has 0 aliphatic heterocycles. The standard InChI is InChI=1S/C20H28N4O3/c1-13(2)18(20(26)21-10-11-24(4)5)22-19(25)16-12-17(27-23-16)15-8-6-14(3)7-9-15/h6-9,12-13,18H,10-11H2,1-5H3,(H,21,26)(H,22,25)/t18-/m1/s1. The number of aromatic nitrogens is 1. The average molecular weight is 372 g/mol. The summed E-state index contributed by atoms with van der Waals surface area (Å²) in [5.74, 6) is -0.186. The normalized spacial score (nSPS) is 12.3. The van der Waals surface area contributed by atoms with Crippen LogP contribution in [0, 0.1) is 12.8 Å². The van der Waals surface area contributed by atoms with Crippen molar-refractivity contribution in [2.75, 3.05) is 27.2 Å². The fraction of sp³-hybridized carbons (Fsp3) is 0.450. The Kier molecular flexibility index (Phi) is 7.12. The molecule has 27 heavy (non-hydrogen) atoms. The van der Waals surface area contributed by atoms with Gasteiger partial charge in [0.05, 0.1) is 0 Å². The molecule has 2 amide bonds. The zero-order chi connectivity index (χ0) is 20.0. The quantitative estimate of drug-likeness (QED) is 0.741. The monoisotopic (exact) mass is 372 g/mol. The first-order chi connectivity index (χ1) is 12.8. The highest BCUT2D eigenvalue weighted by molar-refractivity contribution is 5.96. The Bertz CT molecular complexity index is 766. The molecule has 1 atom stereocenters. The first kappa shape index (κ1) is 20.6. The summed E-state index contributed by atoms with van der Waals surface area (Å²) >= 11 is 0.